The fourth-order valence-electron chi connectivity index (χ4n) is 3.06. The standard InChI is InChI=1S/C22H21ClN4O3S.ClH/c1-26(2)11-12-27(22-24-19-17(29-3)10-9-15(23)20(19)31-22)21(28)16-13-18(30-25-16)14-7-5-4-6-8-14;/h4-10,13H,11-12H2,1-3H3;1H. The highest BCUT2D eigenvalue weighted by Gasteiger charge is 2.26. The molecule has 4 aromatic rings. The van der Waals surface area contributed by atoms with Crippen molar-refractivity contribution in [2.24, 2.45) is 0 Å². The van der Waals surface area contributed by atoms with Crippen molar-refractivity contribution in [3.8, 4) is 17.1 Å². The molecule has 168 valence electrons. The molecular weight excluding hydrogens is 471 g/mol. The zero-order chi connectivity index (χ0) is 22.0. The summed E-state index contributed by atoms with van der Waals surface area (Å²) in [5.74, 6) is 0.849. The van der Waals surface area contributed by atoms with E-state index in [0.717, 1.165) is 10.3 Å². The number of rotatable bonds is 7. The third kappa shape index (κ3) is 4.88. The lowest BCUT2D eigenvalue weighted by atomic mass is 10.1. The number of hydrogen-bond acceptors (Lipinski definition) is 7. The molecule has 0 fully saturated rings. The van der Waals surface area contributed by atoms with Crippen molar-refractivity contribution >= 4 is 56.6 Å². The minimum atomic E-state index is -0.290. The van der Waals surface area contributed by atoms with Crippen LogP contribution < -0.4 is 9.64 Å². The zero-order valence-electron chi connectivity index (χ0n) is 17.7. The topological polar surface area (TPSA) is 71.7 Å². The van der Waals surface area contributed by atoms with Gasteiger partial charge in [0, 0.05) is 24.7 Å². The van der Waals surface area contributed by atoms with Crippen LogP contribution in [0.5, 0.6) is 5.75 Å². The average Bonchev–Trinajstić information content (AvgIpc) is 3.43. The fraction of sp³-hybridized carbons (Fsp3) is 0.227. The van der Waals surface area contributed by atoms with Crippen molar-refractivity contribution in [1.82, 2.24) is 15.0 Å². The van der Waals surface area contributed by atoms with E-state index in [2.05, 4.69) is 10.1 Å². The Labute approximate surface area is 200 Å². The Morgan fingerprint density at radius 2 is 1.91 bits per heavy atom. The lowest BCUT2D eigenvalue weighted by Crippen LogP contribution is -2.36. The van der Waals surface area contributed by atoms with Gasteiger partial charge in [0.05, 0.1) is 16.8 Å². The highest BCUT2D eigenvalue weighted by atomic mass is 35.5. The lowest BCUT2D eigenvalue weighted by Gasteiger charge is -2.20. The van der Waals surface area contributed by atoms with Crippen LogP contribution >= 0.6 is 35.3 Å². The third-order valence-corrected chi connectivity index (χ3v) is 6.24. The van der Waals surface area contributed by atoms with E-state index in [9.17, 15) is 4.79 Å². The fourth-order valence-corrected chi connectivity index (χ4v) is 4.34. The van der Waals surface area contributed by atoms with E-state index in [1.54, 1.807) is 30.2 Å². The molecule has 0 radical (unpaired) electrons. The molecule has 0 aliphatic heterocycles. The number of ether oxygens (including phenoxy) is 1. The van der Waals surface area contributed by atoms with Gasteiger partial charge < -0.3 is 14.2 Å². The molecule has 1 amide bonds. The van der Waals surface area contributed by atoms with Crippen LogP contribution in [-0.4, -0.2) is 55.2 Å². The smallest absolute Gasteiger partial charge is 0.282 e. The molecule has 0 atom stereocenters. The summed E-state index contributed by atoms with van der Waals surface area (Å²) < 4.78 is 11.6. The van der Waals surface area contributed by atoms with Gasteiger partial charge in [0.1, 0.15) is 11.3 Å². The van der Waals surface area contributed by atoms with E-state index >= 15 is 0 Å². The molecule has 7 nitrogen and oxygen atoms in total. The number of halogens is 2. The van der Waals surface area contributed by atoms with Crippen molar-refractivity contribution < 1.29 is 14.1 Å². The van der Waals surface area contributed by atoms with Crippen molar-refractivity contribution in [2.75, 3.05) is 39.2 Å². The van der Waals surface area contributed by atoms with Gasteiger partial charge in [0.15, 0.2) is 16.6 Å². The lowest BCUT2D eigenvalue weighted by molar-refractivity contribution is 0.0976. The van der Waals surface area contributed by atoms with E-state index in [-0.39, 0.29) is 24.0 Å². The molecule has 0 N–H and O–H groups in total. The number of hydrogen-bond donors (Lipinski definition) is 0. The monoisotopic (exact) mass is 492 g/mol. The molecule has 0 saturated heterocycles. The minimum Gasteiger partial charge on any atom is -0.494 e. The second-order valence-electron chi connectivity index (χ2n) is 7.13. The van der Waals surface area contributed by atoms with Gasteiger partial charge >= 0.3 is 0 Å². The van der Waals surface area contributed by atoms with Gasteiger partial charge in [-0.15, -0.1) is 12.4 Å². The van der Waals surface area contributed by atoms with Gasteiger partial charge in [-0.25, -0.2) is 4.98 Å². The van der Waals surface area contributed by atoms with Crippen LogP contribution in [0.4, 0.5) is 5.13 Å². The molecule has 0 unspecified atom stereocenters. The van der Waals surface area contributed by atoms with Crippen LogP contribution in [0.15, 0.2) is 53.1 Å². The molecule has 0 bridgehead atoms. The quantitative estimate of drug-likeness (QED) is 0.351. The number of methoxy groups -OCH3 is 1. The SMILES string of the molecule is COc1ccc(Cl)c2sc(N(CCN(C)C)C(=O)c3cc(-c4ccccc4)on3)nc12.Cl. The molecule has 2 aromatic carbocycles. The van der Waals surface area contributed by atoms with Gasteiger partial charge in [-0.3, -0.25) is 9.69 Å². The second-order valence-corrected chi connectivity index (χ2v) is 8.51. The number of amides is 1. The van der Waals surface area contributed by atoms with Gasteiger partial charge in [-0.1, -0.05) is 58.4 Å². The number of carbonyl (C=O) groups is 1. The Balaban J connectivity index is 0.00000289. The van der Waals surface area contributed by atoms with E-state index in [1.165, 1.54) is 11.3 Å². The number of likely N-dealkylation sites (N-methyl/N-ethyl adjacent to an activating group) is 1. The van der Waals surface area contributed by atoms with E-state index in [4.69, 9.17) is 20.9 Å². The highest BCUT2D eigenvalue weighted by Crippen LogP contribution is 2.39. The Morgan fingerprint density at radius 3 is 2.59 bits per heavy atom. The highest BCUT2D eigenvalue weighted by molar-refractivity contribution is 7.23. The van der Waals surface area contributed by atoms with Crippen molar-refractivity contribution in [2.45, 2.75) is 0 Å². The number of anilines is 1. The third-order valence-electron chi connectivity index (χ3n) is 4.70. The number of aromatic nitrogens is 2. The summed E-state index contributed by atoms with van der Waals surface area (Å²) in [6, 6.07) is 14.7. The van der Waals surface area contributed by atoms with Crippen molar-refractivity contribution in [3.05, 3.63) is 59.2 Å². The molecule has 10 heteroatoms. The minimum absolute atomic E-state index is 0. The Kier molecular flexibility index (Phi) is 7.73. The maximum Gasteiger partial charge on any atom is 0.282 e. The summed E-state index contributed by atoms with van der Waals surface area (Å²) in [7, 11) is 5.48. The van der Waals surface area contributed by atoms with Gasteiger partial charge in [0.25, 0.3) is 5.91 Å². The first-order valence-electron chi connectivity index (χ1n) is 9.59. The normalized spacial score (nSPS) is 10.9. The van der Waals surface area contributed by atoms with Crippen LogP contribution in [0.25, 0.3) is 21.5 Å². The maximum atomic E-state index is 13.4. The Bertz CT molecular complexity index is 1210. The predicted octanol–water partition coefficient (Wildman–Crippen LogP) is 5.24. The van der Waals surface area contributed by atoms with Crippen LogP contribution in [0.2, 0.25) is 5.02 Å². The van der Waals surface area contributed by atoms with Crippen molar-refractivity contribution in [3.63, 3.8) is 0 Å². The zero-order valence-corrected chi connectivity index (χ0v) is 20.1. The van der Waals surface area contributed by atoms with Gasteiger partial charge in [-0.2, -0.15) is 0 Å². The first-order valence-corrected chi connectivity index (χ1v) is 10.8. The molecule has 2 heterocycles. The summed E-state index contributed by atoms with van der Waals surface area (Å²) in [6.45, 7) is 1.08. The average molecular weight is 493 g/mol. The number of benzene rings is 2. The summed E-state index contributed by atoms with van der Waals surface area (Å²) in [4.78, 5) is 21.7. The molecule has 2 aromatic heterocycles. The van der Waals surface area contributed by atoms with Gasteiger partial charge in [0.2, 0.25) is 0 Å². The van der Waals surface area contributed by atoms with E-state index < -0.39 is 0 Å². The van der Waals surface area contributed by atoms with Crippen LogP contribution in [0.1, 0.15) is 10.5 Å². The summed E-state index contributed by atoms with van der Waals surface area (Å²) in [5, 5.41) is 5.11. The predicted molar refractivity (Wildman–Crippen MR) is 131 cm³/mol. The van der Waals surface area contributed by atoms with Gasteiger partial charge in [-0.05, 0) is 26.2 Å². The largest absolute Gasteiger partial charge is 0.494 e. The molecule has 32 heavy (non-hydrogen) atoms. The molecular formula is C22H22Cl2N4O3S. The van der Waals surface area contributed by atoms with E-state index in [0.29, 0.717) is 40.3 Å². The summed E-state index contributed by atoms with van der Waals surface area (Å²) in [6.07, 6.45) is 0. The molecule has 0 aliphatic carbocycles. The number of nitrogens with zero attached hydrogens (tertiary/aromatic N) is 4. The number of carbonyl (C=O) groups excluding carboxylic acids is 1. The Hall–Kier alpha value is -2.65. The number of thiazole rings is 1. The Morgan fingerprint density at radius 1 is 1.16 bits per heavy atom. The van der Waals surface area contributed by atoms with E-state index in [1.807, 2.05) is 49.3 Å². The van der Waals surface area contributed by atoms with Crippen LogP contribution in [0, 0.1) is 0 Å². The molecule has 0 saturated carbocycles. The number of fused-ring (bicyclic) bond motifs is 1. The molecule has 0 aliphatic rings. The second kappa shape index (κ2) is 10.3. The molecule has 4 rings (SSSR count). The first kappa shape index (κ1) is 24.0. The first-order chi connectivity index (χ1) is 15.0. The van der Waals surface area contributed by atoms with Crippen LogP contribution in [0.3, 0.4) is 0 Å². The summed E-state index contributed by atoms with van der Waals surface area (Å²) >= 11 is 7.72. The maximum absolute atomic E-state index is 13.4. The van der Waals surface area contributed by atoms with Crippen molar-refractivity contribution in [1.29, 1.82) is 0 Å². The van der Waals surface area contributed by atoms with Crippen LogP contribution in [-0.2, 0) is 0 Å². The molecule has 0 spiro atoms. The summed E-state index contributed by atoms with van der Waals surface area (Å²) in [5.41, 5.74) is 1.70.